The zero-order valence-electron chi connectivity index (χ0n) is 14.2. The van der Waals surface area contributed by atoms with Gasteiger partial charge in [-0.25, -0.2) is 0 Å². The highest BCUT2D eigenvalue weighted by molar-refractivity contribution is 5.95. The summed E-state index contributed by atoms with van der Waals surface area (Å²) in [4.78, 5) is 25.4. The Balaban J connectivity index is 1.77. The van der Waals surface area contributed by atoms with Crippen molar-refractivity contribution in [2.24, 2.45) is 0 Å². The Morgan fingerprint density at radius 3 is 2.60 bits per heavy atom. The Hall–Kier alpha value is -2.89. The predicted molar refractivity (Wildman–Crippen MR) is 96.9 cm³/mol. The van der Waals surface area contributed by atoms with Crippen molar-refractivity contribution >= 4 is 17.3 Å². The van der Waals surface area contributed by atoms with Crippen molar-refractivity contribution in [3.8, 4) is 0 Å². The molecule has 0 aliphatic carbocycles. The van der Waals surface area contributed by atoms with Gasteiger partial charge >= 0.3 is 0 Å². The third-order valence-corrected chi connectivity index (χ3v) is 4.58. The number of benzene rings is 2. The number of anilines is 1. The first-order valence-corrected chi connectivity index (χ1v) is 8.42. The minimum Gasteiger partial charge on any atom is -0.366 e. The summed E-state index contributed by atoms with van der Waals surface area (Å²) in [5.74, 6) is -0.306. The lowest BCUT2D eigenvalue weighted by molar-refractivity contribution is -0.384. The van der Waals surface area contributed by atoms with Crippen LogP contribution in [0.1, 0.15) is 34.3 Å². The molecule has 0 saturated carbocycles. The van der Waals surface area contributed by atoms with E-state index in [4.69, 9.17) is 0 Å². The van der Waals surface area contributed by atoms with Gasteiger partial charge in [0.1, 0.15) is 5.69 Å². The first-order chi connectivity index (χ1) is 12.1. The molecule has 3 rings (SSSR count). The topological polar surface area (TPSA) is 75.5 Å². The third kappa shape index (κ3) is 3.79. The van der Waals surface area contributed by atoms with Gasteiger partial charge in [-0.15, -0.1) is 0 Å². The maximum atomic E-state index is 12.4. The van der Waals surface area contributed by atoms with E-state index >= 15 is 0 Å². The van der Waals surface area contributed by atoms with Crippen LogP contribution in [0.4, 0.5) is 11.4 Å². The number of carbonyl (C=O) groups excluding carboxylic acids is 1. The van der Waals surface area contributed by atoms with Crippen LogP contribution in [0.2, 0.25) is 0 Å². The SMILES string of the molecule is Cc1ccccc1CNC(=O)c1ccc(N2CCCC2)c([N+](=O)[O-])c1. The molecule has 1 aliphatic heterocycles. The monoisotopic (exact) mass is 339 g/mol. The fourth-order valence-corrected chi connectivity index (χ4v) is 3.12. The molecule has 1 aliphatic rings. The molecule has 25 heavy (non-hydrogen) atoms. The number of nitro benzene ring substituents is 1. The summed E-state index contributed by atoms with van der Waals surface area (Å²) in [5, 5.41) is 14.3. The van der Waals surface area contributed by atoms with Crippen LogP contribution in [-0.4, -0.2) is 23.9 Å². The van der Waals surface area contributed by atoms with Crippen molar-refractivity contribution in [1.82, 2.24) is 5.32 Å². The third-order valence-electron chi connectivity index (χ3n) is 4.58. The van der Waals surface area contributed by atoms with E-state index in [9.17, 15) is 14.9 Å². The molecule has 1 N–H and O–H groups in total. The molecule has 1 amide bonds. The van der Waals surface area contributed by atoms with Crippen LogP contribution >= 0.6 is 0 Å². The van der Waals surface area contributed by atoms with E-state index in [0.717, 1.165) is 37.1 Å². The lowest BCUT2D eigenvalue weighted by atomic mass is 10.1. The van der Waals surface area contributed by atoms with Gasteiger partial charge < -0.3 is 10.2 Å². The molecule has 0 bridgehead atoms. The molecule has 0 atom stereocenters. The standard InChI is InChI=1S/C19H21N3O3/c1-14-6-2-3-7-16(14)13-20-19(23)15-8-9-17(18(12-15)22(24)25)21-10-4-5-11-21/h2-3,6-9,12H,4-5,10-11,13H2,1H3,(H,20,23). The zero-order valence-corrected chi connectivity index (χ0v) is 14.2. The van der Waals surface area contributed by atoms with Crippen molar-refractivity contribution in [2.45, 2.75) is 26.3 Å². The lowest BCUT2D eigenvalue weighted by Crippen LogP contribution is -2.24. The summed E-state index contributed by atoms with van der Waals surface area (Å²) in [6.45, 7) is 4.02. The molecule has 2 aromatic carbocycles. The molecule has 0 unspecified atom stereocenters. The van der Waals surface area contributed by atoms with Gasteiger partial charge in [0, 0.05) is 31.3 Å². The van der Waals surface area contributed by atoms with E-state index in [1.54, 1.807) is 12.1 Å². The van der Waals surface area contributed by atoms with Crippen LogP contribution in [0.25, 0.3) is 0 Å². The van der Waals surface area contributed by atoms with Crippen molar-refractivity contribution in [2.75, 3.05) is 18.0 Å². The molecule has 1 saturated heterocycles. The van der Waals surface area contributed by atoms with Gasteiger partial charge in [0.2, 0.25) is 0 Å². The molecule has 6 nitrogen and oxygen atoms in total. The first-order valence-electron chi connectivity index (χ1n) is 8.42. The van der Waals surface area contributed by atoms with Crippen LogP contribution in [0, 0.1) is 17.0 Å². The summed E-state index contributed by atoms with van der Waals surface area (Å²) < 4.78 is 0. The van der Waals surface area contributed by atoms with E-state index in [1.807, 2.05) is 36.1 Å². The van der Waals surface area contributed by atoms with Crippen LogP contribution in [0.15, 0.2) is 42.5 Å². The van der Waals surface area contributed by atoms with Gasteiger partial charge in [-0.2, -0.15) is 0 Å². The molecule has 0 spiro atoms. The quantitative estimate of drug-likeness (QED) is 0.669. The largest absolute Gasteiger partial charge is 0.366 e. The average Bonchev–Trinajstić information content (AvgIpc) is 3.14. The smallest absolute Gasteiger partial charge is 0.293 e. The Labute approximate surface area is 146 Å². The highest BCUT2D eigenvalue weighted by Crippen LogP contribution is 2.31. The number of carbonyl (C=O) groups is 1. The second-order valence-corrected chi connectivity index (χ2v) is 6.26. The summed E-state index contributed by atoms with van der Waals surface area (Å²) in [6, 6.07) is 12.5. The molecule has 0 aromatic heterocycles. The lowest BCUT2D eigenvalue weighted by Gasteiger charge is -2.17. The van der Waals surface area contributed by atoms with E-state index in [2.05, 4.69) is 5.32 Å². The Bertz CT molecular complexity index is 798. The van der Waals surface area contributed by atoms with Crippen LogP contribution in [0.3, 0.4) is 0 Å². The Morgan fingerprint density at radius 2 is 1.92 bits per heavy atom. The fraction of sp³-hybridized carbons (Fsp3) is 0.316. The average molecular weight is 339 g/mol. The summed E-state index contributed by atoms with van der Waals surface area (Å²) >= 11 is 0. The number of rotatable bonds is 5. The number of aryl methyl sites for hydroxylation is 1. The molecule has 6 heteroatoms. The second-order valence-electron chi connectivity index (χ2n) is 6.26. The Morgan fingerprint density at radius 1 is 1.20 bits per heavy atom. The Kier molecular flexibility index (Phi) is 4.97. The van der Waals surface area contributed by atoms with Gasteiger partial charge in [0.25, 0.3) is 11.6 Å². The number of amides is 1. The molecule has 130 valence electrons. The molecule has 0 radical (unpaired) electrons. The van der Waals surface area contributed by atoms with Crippen molar-refractivity contribution < 1.29 is 9.72 Å². The van der Waals surface area contributed by atoms with E-state index in [-0.39, 0.29) is 11.6 Å². The van der Waals surface area contributed by atoms with E-state index in [0.29, 0.717) is 17.8 Å². The molecule has 2 aromatic rings. The second kappa shape index (κ2) is 7.34. The first kappa shape index (κ1) is 17.0. The normalized spacial score (nSPS) is 13.7. The molecule has 1 heterocycles. The number of nitro groups is 1. The summed E-state index contributed by atoms with van der Waals surface area (Å²) in [7, 11) is 0. The van der Waals surface area contributed by atoms with Gasteiger partial charge in [-0.3, -0.25) is 14.9 Å². The van der Waals surface area contributed by atoms with Gasteiger partial charge in [0.15, 0.2) is 0 Å². The summed E-state index contributed by atoms with van der Waals surface area (Å²) in [5.41, 5.74) is 3.02. The van der Waals surface area contributed by atoms with Crippen molar-refractivity contribution in [1.29, 1.82) is 0 Å². The maximum absolute atomic E-state index is 12.4. The van der Waals surface area contributed by atoms with Crippen molar-refractivity contribution in [3.63, 3.8) is 0 Å². The van der Waals surface area contributed by atoms with Crippen LogP contribution < -0.4 is 10.2 Å². The van der Waals surface area contributed by atoms with Gasteiger partial charge in [-0.1, -0.05) is 24.3 Å². The van der Waals surface area contributed by atoms with Gasteiger partial charge in [-0.05, 0) is 43.0 Å². The number of hydrogen-bond acceptors (Lipinski definition) is 4. The van der Waals surface area contributed by atoms with Crippen LogP contribution in [0.5, 0.6) is 0 Å². The maximum Gasteiger partial charge on any atom is 0.293 e. The highest BCUT2D eigenvalue weighted by atomic mass is 16.6. The number of nitrogens with zero attached hydrogens (tertiary/aromatic N) is 2. The molecule has 1 fully saturated rings. The van der Waals surface area contributed by atoms with E-state index < -0.39 is 4.92 Å². The minimum absolute atomic E-state index is 0.00885. The zero-order chi connectivity index (χ0) is 17.8. The van der Waals surface area contributed by atoms with Gasteiger partial charge in [0.05, 0.1) is 4.92 Å². The predicted octanol–water partition coefficient (Wildman–Crippen LogP) is 3.43. The minimum atomic E-state index is -0.411. The number of nitrogens with one attached hydrogen (secondary N) is 1. The molecular formula is C19H21N3O3. The highest BCUT2D eigenvalue weighted by Gasteiger charge is 2.23. The summed E-state index contributed by atoms with van der Waals surface area (Å²) in [6.07, 6.45) is 2.08. The van der Waals surface area contributed by atoms with E-state index in [1.165, 1.54) is 6.07 Å². The molecular weight excluding hydrogens is 318 g/mol. The fourth-order valence-electron chi connectivity index (χ4n) is 3.12. The number of hydrogen-bond donors (Lipinski definition) is 1. The van der Waals surface area contributed by atoms with Crippen LogP contribution in [-0.2, 0) is 6.54 Å². The van der Waals surface area contributed by atoms with Crippen molar-refractivity contribution in [3.05, 3.63) is 69.3 Å².